The van der Waals surface area contributed by atoms with Gasteiger partial charge in [-0.15, -0.1) is 0 Å². The summed E-state index contributed by atoms with van der Waals surface area (Å²) < 4.78 is 35.7. The number of nitrogens with two attached hydrogens (primary N) is 1. The van der Waals surface area contributed by atoms with Crippen molar-refractivity contribution in [1.29, 1.82) is 0 Å². The quantitative estimate of drug-likeness (QED) is 0.775. The summed E-state index contributed by atoms with van der Waals surface area (Å²) in [4.78, 5) is 0. The van der Waals surface area contributed by atoms with E-state index in [4.69, 9.17) is 15.2 Å². The zero-order chi connectivity index (χ0) is 13.9. The van der Waals surface area contributed by atoms with Crippen molar-refractivity contribution in [2.45, 2.75) is 31.4 Å². The van der Waals surface area contributed by atoms with Crippen molar-refractivity contribution in [1.82, 2.24) is 4.31 Å². The normalized spacial score (nSPS) is 32.1. The Balaban J connectivity index is 1.84. The van der Waals surface area contributed by atoms with Gasteiger partial charge in [-0.2, -0.15) is 0 Å². The Morgan fingerprint density at radius 3 is 2.84 bits per heavy atom. The Kier molecular flexibility index (Phi) is 5.19. The van der Waals surface area contributed by atoms with Gasteiger partial charge in [-0.25, -0.2) is 12.7 Å². The summed E-state index contributed by atoms with van der Waals surface area (Å²) in [5.74, 6) is 0.323. The molecule has 0 aliphatic carbocycles. The second-order valence-corrected chi connectivity index (χ2v) is 7.50. The summed E-state index contributed by atoms with van der Waals surface area (Å²) in [5, 5.41) is 0. The van der Waals surface area contributed by atoms with Crippen molar-refractivity contribution in [3.63, 3.8) is 0 Å². The highest BCUT2D eigenvalue weighted by Crippen LogP contribution is 2.23. The van der Waals surface area contributed by atoms with Gasteiger partial charge in [-0.1, -0.05) is 0 Å². The molecule has 0 amide bonds. The maximum atomic E-state index is 11.6. The standard InChI is InChI=1S/C12H24N2O4S/c1-19(15,16)14-4-2-3-10(8-14)7-11(13)12-9-17-5-6-18-12/h10-12H,2-9,13H2,1H3. The van der Waals surface area contributed by atoms with Gasteiger partial charge in [0, 0.05) is 19.1 Å². The molecule has 6 nitrogen and oxygen atoms in total. The van der Waals surface area contributed by atoms with Crippen molar-refractivity contribution < 1.29 is 17.9 Å². The van der Waals surface area contributed by atoms with E-state index in [1.165, 1.54) is 6.26 Å². The summed E-state index contributed by atoms with van der Waals surface area (Å²) in [6.45, 7) is 2.99. The van der Waals surface area contributed by atoms with E-state index in [1.54, 1.807) is 4.31 Å². The fourth-order valence-electron chi connectivity index (χ4n) is 2.81. The van der Waals surface area contributed by atoms with Crippen molar-refractivity contribution in [3.05, 3.63) is 0 Å². The number of hydrogen-bond donors (Lipinski definition) is 1. The van der Waals surface area contributed by atoms with Crippen LogP contribution >= 0.6 is 0 Å². The highest BCUT2D eigenvalue weighted by Gasteiger charge is 2.30. The monoisotopic (exact) mass is 292 g/mol. The van der Waals surface area contributed by atoms with Gasteiger partial charge in [0.05, 0.1) is 32.2 Å². The molecular weight excluding hydrogens is 268 g/mol. The fraction of sp³-hybridized carbons (Fsp3) is 1.00. The summed E-state index contributed by atoms with van der Waals surface area (Å²) in [6.07, 6.45) is 3.95. The molecule has 2 aliphatic rings. The van der Waals surface area contributed by atoms with E-state index >= 15 is 0 Å². The van der Waals surface area contributed by atoms with Crippen LogP contribution in [-0.4, -0.2) is 64.0 Å². The number of ether oxygens (including phenoxy) is 2. The number of sulfonamides is 1. The first-order valence-corrected chi connectivity index (χ1v) is 8.71. The molecule has 0 aromatic heterocycles. The number of piperidine rings is 1. The smallest absolute Gasteiger partial charge is 0.211 e. The van der Waals surface area contributed by atoms with Gasteiger partial charge in [0.15, 0.2) is 0 Å². The largest absolute Gasteiger partial charge is 0.376 e. The Bertz CT molecular complexity index is 381. The number of nitrogens with zero attached hydrogens (tertiary/aromatic N) is 1. The van der Waals surface area contributed by atoms with Crippen LogP contribution in [0, 0.1) is 5.92 Å². The second-order valence-electron chi connectivity index (χ2n) is 5.51. The van der Waals surface area contributed by atoms with Crippen LogP contribution < -0.4 is 5.73 Å². The van der Waals surface area contributed by atoms with Gasteiger partial charge < -0.3 is 15.2 Å². The SMILES string of the molecule is CS(=O)(=O)N1CCCC(CC(N)C2COCCO2)C1. The first-order chi connectivity index (χ1) is 8.97. The molecule has 3 atom stereocenters. The van der Waals surface area contributed by atoms with Crippen molar-refractivity contribution in [2.75, 3.05) is 39.2 Å². The number of rotatable bonds is 4. The molecule has 0 saturated carbocycles. The van der Waals surface area contributed by atoms with Crippen LogP contribution in [0.3, 0.4) is 0 Å². The van der Waals surface area contributed by atoms with Gasteiger partial charge in [-0.3, -0.25) is 0 Å². The Hall–Kier alpha value is -0.210. The molecule has 112 valence electrons. The second kappa shape index (κ2) is 6.49. The molecule has 19 heavy (non-hydrogen) atoms. The molecule has 2 rings (SSSR count). The third-order valence-electron chi connectivity index (χ3n) is 3.88. The molecule has 2 heterocycles. The molecule has 2 aliphatic heterocycles. The average molecular weight is 292 g/mol. The molecule has 7 heteroatoms. The van der Waals surface area contributed by atoms with Crippen molar-refractivity contribution in [2.24, 2.45) is 11.7 Å². The molecule has 0 aromatic rings. The van der Waals surface area contributed by atoms with Gasteiger partial charge in [0.2, 0.25) is 10.0 Å². The van der Waals surface area contributed by atoms with Crippen molar-refractivity contribution in [3.8, 4) is 0 Å². The summed E-state index contributed by atoms with van der Waals surface area (Å²) >= 11 is 0. The van der Waals surface area contributed by atoms with Gasteiger partial charge in [0.1, 0.15) is 0 Å². The minimum absolute atomic E-state index is 0.0534. The highest BCUT2D eigenvalue weighted by molar-refractivity contribution is 7.88. The molecule has 0 radical (unpaired) electrons. The Morgan fingerprint density at radius 1 is 1.42 bits per heavy atom. The van der Waals surface area contributed by atoms with E-state index in [2.05, 4.69) is 0 Å². The zero-order valence-corrected chi connectivity index (χ0v) is 12.3. The Morgan fingerprint density at radius 2 is 2.21 bits per heavy atom. The zero-order valence-electron chi connectivity index (χ0n) is 11.5. The first-order valence-electron chi connectivity index (χ1n) is 6.87. The molecule has 3 unspecified atom stereocenters. The molecule has 0 spiro atoms. The van der Waals surface area contributed by atoms with E-state index in [1.807, 2.05) is 0 Å². The predicted octanol–water partition coefficient (Wildman–Crippen LogP) is -0.209. The lowest BCUT2D eigenvalue weighted by Gasteiger charge is -2.34. The molecule has 0 aromatic carbocycles. The summed E-state index contributed by atoms with van der Waals surface area (Å²) in [6, 6.07) is -0.0789. The van der Waals surface area contributed by atoms with Crippen molar-refractivity contribution >= 4 is 10.0 Å². The maximum Gasteiger partial charge on any atom is 0.211 e. The van der Waals surface area contributed by atoms with E-state index < -0.39 is 10.0 Å². The maximum absolute atomic E-state index is 11.6. The minimum Gasteiger partial charge on any atom is -0.376 e. The topological polar surface area (TPSA) is 81.9 Å². The molecule has 2 saturated heterocycles. The third-order valence-corrected chi connectivity index (χ3v) is 5.15. The van der Waals surface area contributed by atoms with Gasteiger partial charge in [-0.05, 0) is 25.2 Å². The molecule has 2 fully saturated rings. The lowest BCUT2D eigenvalue weighted by atomic mass is 9.91. The van der Waals surface area contributed by atoms with Gasteiger partial charge in [0.25, 0.3) is 0 Å². The lowest BCUT2D eigenvalue weighted by molar-refractivity contribution is -0.0994. The summed E-state index contributed by atoms with van der Waals surface area (Å²) in [5.41, 5.74) is 6.16. The van der Waals surface area contributed by atoms with E-state index in [0.29, 0.717) is 38.8 Å². The molecule has 0 bridgehead atoms. The molecular formula is C12H24N2O4S. The van der Waals surface area contributed by atoms with E-state index in [-0.39, 0.29) is 12.1 Å². The van der Waals surface area contributed by atoms with Crippen LogP contribution in [-0.2, 0) is 19.5 Å². The van der Waals surface area contributed by atoms with Crippen LogP contribution in [0.5, 0.6) is 0 Å². The summed E-state index contributed by atoms with van der Waals surface area (Å²) in [7, 11) is -3.08. The highest BCUT2D eigenvalue weighted by atomic mass is 32.2. The lowest BCUT2D eigenvalue weighted by Crippen LogP contribution is -2.47. The first kappa shape index (κ1) is 15.2. The fourth-order valence-corrected chi connectivity index (χ4v) is 3.75. The molecule has 2 N–H and O–H groups in total. The predicted molar refractivity (Wildman–Crippen MR) is 72.3 cm³/mol. The third kappa shape index (κ3) is 4.39. The van der Waals surface area contributed by atoms with Crippen LogP contribution in [0.15, 0.2) is 0 Å². The average Bonchev–Trinajstić information content (AvgIpc) is 2.39. The van der Waals surface area contributed by atoms with E-state index in [0.717, 1.165) is 19.3 Å². The number of hydrogen-bond acceptors (Lipinski definition) is 5. The van der Waals surface area contributed by atoms with E-state index in [9.17, 15) is 8.42 Å². The van der Waals surface area contributed by atoms with Crippen LogP contribution in [0.4, 0.5) is 0 Å². The van der Waals surface area contributed by atoms with Crippen LogP contribution in [0.1, 0.15) is 19.3 Å². The van der Waals surface area contributed by atoms with Gasteiger partial charge >= 0.3 is 0 Å². The van der Waals surface area contributed by atoms with Crippen LogP contribution in [0.2, 0.25) is 0 Å². The Labute approximate surface area is 115 Å². The van der Waals surface area contributed by atoms with Crippen LogP contribution in [0.25, 0.3) is 0 Å². The minimum atomic E-state index is -3.08.